The number of nitrogens with one attached hydrogen (secondary N) is 1. The minimum absolute atomic E-state index is 0.208. The first-order chi connectivity index (χ1) is 10.6. The maximum Gasteiger partial charge on any atom is 0.272 e. The summed E-state index contributed by atoms with van der Waals surface area (Å²) >= 11 is 3.42. The number of benzene rings is 1. The van der Waals surface area contributed by atoms with Gasteiger partial charge in [0.05, 0.1) is 11.8 Å². The zero-order valence-electron chi connectivity index (χ0n) is 11.7. The van der Waals surface area contributed by atoms with Gasteiger partial charge < -0.3 is 9.47 Å². The van der Waals surface area contributed by atoms with E-state index in [1.165, 1.54) is 12.4 Å². The van der Waals surface area contributed by atoms with Crippen molar-refractivity contribution in [3.63, 3.8) is 0 Å². The normalized spacial score (nSPS) is 12.6. The number of fused-ring (bicyclic) bond motifs is 1. The number of nitrogens with zero attached hydrogens (tertiary/aromatic N) is 2. The molecule has 0 fully saturated rings. The van der Waals surface area contributed by atoms with Gasteiger partial charge in [0.2, 0.25) is 6.79 Å². The molecule has 0 unspecified atom stereocenters. The fourth-order valence-electron chi connectivity index (χ4n) is 1.86. The van der Waals surface area contributed by atoms with E-state index in [9.17, 15) is 4.79 Å². The monoisotopic (exact) mass is 361 g/mol. The molecule has 0 spiro atoms. The molecule has 22 heavy (non-hydrogen) atoms. The first-order valence-electron chi connectivity index (χ1n) is 6.49. The lowest BCUT2D eigenvalue weighted by Gasteiger charge is -2.02. The summed E-state index contributed by atoms with van der Waals surface area (Å²) in [7, 11) is 0. The Morgan fingerprint density at radius 2 is 2.14 bits per heavy atom. The number of carbonyl (C=O) groups excluding carboxylic acids is 1. The van der Waals surface area contributed by atoms with Crippen molar-refractivity contribution in [1.29, 1.82) is 0 Å². The number of hydrogen-bond acceptors (Lipinski definition) is 5. The second kappa shape index (κ2) is 6.15. The third kappa shape index (κ3) is 3.09. The average molecular weight is 362 g/mol. The predicted octanol–water partition coefficient (Wildman–Crippen LogP) is 2.65. The molecule has 1 aromatic heterocycles. The van der Waals surface area contributed by atoms with Crippen LogP contribution in [0.1, 0.15) is 21.6 Å². The minimum atomic E-state index is -0.319. The second-order valence-corrected chi connectivity index (χ2v) is 5.47. The fourth-order valence-corrected chi connectivity index (χ4v) is 2.28. The Balaban J connectivity index is 1.70. The van der Waals surface area contributed by atoms with E-state index in [1.54, 1.807) is 24.3 Å². The van der Waals surface area contributed by atoms with Crippen LogP contribution >= 0.6 is 15.9 Å². The molecule has 1 aromatic carbocycles. The van der Waals surface area contributed by atoms with Crippen LogP contribution in [0, 0.1) is 6.92 Å². The number of aryl methyl sites for hydroxylation is 1. The molecule has 1 aliphatic heterocycles. The summed E-state index contributed by atoms with van der Waals surface area (Å²) in [6.45, 7) is 2.07. The number of halogens is 1. The van der Waals surface area contributed by atoms with Crippen LogP contribution < -0.4 is 14.9 Å². The molecule has 2 heterocycles. The number of hydrogen-bond donors (Lipinski definition) is 1. The van der Waals surface area contributed by atoms with Crippen molar-refractivity contribution in [3.8, 4) is 11.5 Å². The Morgan fingerprint density at radius 1 is 1.36 bits per heavy atom. The summed E-state index contributed by atoms with van der Waals surface area (Å²) in [6.07, 6.45) is 3.04. The third-order valence-electron chi connectivity index (χ3n) is 3.04. The van der Waals surface area contributed by atoms with Gasteiger partial charge in [-0.1, -0.05) is 0 Å². The standard InChI is InChI=1S/C15H12BrN3O3/c1-9-2-3-10(6-17-9)15(20)19-18-7-11-4-13-14(5-12(11)16)22-8-21-13/h2-7H,8H2,1H3,(H,19,20)/b18-7-. The Bertz CT molecular complexity index is 744. The predicted molar refractivity (Wildman–Crippen MR) is 84.3 cm³/mol. The van der Waals surface area contributed by atoms with Crippen LogP contribution in [0.3, 0.4) is 0 Å². The van der Waals surface area contributed by atoms with Crippen LogP contribution in [0.4, 0.5) is 0 Å². The number of rotatable bonds is 3. The molecular weight excluding hydrogens is 350 g/mol. The lowest BCUT2D eigenvalue weighted by molar-refractivity contribution is 0.0954. The number of carbonyl (C=O) groups is 1. The zero-order chi connectivity index (χ0) is 15.5. The van der Waals surface area contributed by atoms with Crippen molar-refractivity contribution in [2.24, 2.45) is 5.10 Å². The second-order valence-electron chi connectivity index (χ2n) is 4.61. The van der Waals surface area contributed by atoms with Crippen molar-refractivity contribution in [2.75, 3.05) is 6.79 Å². The van der Waals surface area contributed by atoms with Crippen molar-refractivity contribution in [3.05, 3.63) is 51.8 Å². The first-order valence-corrected chi connectivity index (χ1v) is 7.28. The van der Waals surface area contributed by atoms with Crippen molar-refractivity contribution >= 4 is 28.1 Å². The molecule has 3 rings (SSSR count). The number of hydrazone groups is 1. The van der Waals surface area contributed by atoms with E-state index in [-0.39, 0.29) is 12.7 Å². The molecule has 112 valence electrons. The van der Waals surface area contributed by atoms with Gasteiger partial charge in [-0.25, -0.2) is 5.43 Å². The maximum atomic E-state index is 11.9. The molecule has 0 aliphatic carbocycles. The van der Waals surface area contributed by atoms with Crippen molar-refractivity contribution in [2.45, 2.75) is 6.92 Å². The highest BCUT2D eigenvalue weighted by Gasteiger charge is 2.15. The number of ether oxygens (including phenoxy) is 2. The van der Waals surface area contributed by atoms with Crippen LogP contribution in [-0.2, 0) is 0 Å². The van der Waals surface area contributed by atoms with Gasteiger partial charge in [0, 0.05) is 21.9 Å². The zero-order valence-corrected chi connectivity index (χ0v) is 13.3. The largest absolute Gasteiger partial charge is 0.454 e. The highest BCUT2D eigenvalue weighted by atomic mass is 79.9. The van der Waals surface area contributed by atoms with E-state index >= 15 is 0 Å². The van der Waals surface area contributed by atoms with Gasteiger partial charge in [0.1, 0.15) is 0 Å². The molecule has 1 N–H and O–H groups in total. The van der Waals surface area contributed by atoms with Crippen LogP contribution in [0.25, 0.3) is 0 Å². The van der Waals surface area contributed by atoms with E-state index in [4.69, 9.17) is 9.47 Å². The Hall–Kier alpha value is -2.41. The van der Waals surface area contributed by atoms with E-state index in [2.05, 4.69) is 31.4 Å². The smallest absolute Gasteiger partial charge is 0.272 e. The van der Waals surface area contributed by atoms with Crippen molar-refractivity contribution in [1.82, 2.24) is 10.4 Å². The summed E-state index contributed by atoms with van der Waals surface area (Å²) in [4.78, 5) is 16.0. The number of pyridine rings is 1. The molecule has 2 aromatic rings. The van der Waals surface area contributed by atoms with Crippen LogP contribution in [-0.4, -0.2) is 23.9 Å². The van der Waals surface area contributed by atoms with Gasteiger partial charge in [-0.05, 0) is 47.1 Å². The van der Waals surface area contributed by atoms with E-state index in [0.29, 0.717) is 17.1 Å². The lowest BCUT2D eigenvalue weighted by atomic mass is 10.2. The molecule has 0 bridgehead atoms. The molecule has 0 atom stereocenters. The van der Waals surface area contributed by atoms with Gasteiger partial charge >= 0.3 is 0 Å². The molecular formula is C15H12BrN3O3. The fraction of sp³-hybridized carbons (Fsp3) is 0.133. The van der Waals surface area contributed by atoms with Gasteiger partial charge in [0.25, 0.3) is 5.91 Å². The highest BCUT2D eigenvalue weighted by Crippen LogP contribution is 2.36. The van der Waals surface area contributed by atoms with E-state index in [0.717, 1.165) is 15.7 Å². The van der Waals surface area contributed by atoms with Crippen LogP contribution in [0.15, 0.2) is 40.0 Å². The average Bonchev–Trinajstić information content (AvgIpc) is 2.95. The van der Waals surface area contributed by atoms with Gasteiger partial charge in [-0.3, -0.25) is 9.78 Å². The topological polar surface area (TPSA) is 72.8 Å². The number of aromatic nitrogens is 1. The summed E-state index contributed by atoms with van der Waals surface area (Å²) in [5.41, 5.74) is 4.53. The molecule has 0 saturated heterocycles. The van der Waals surface area contributed by atoms with Crippen molar-refractivity contribution < 1.29 is 14.3 Å². The quantitative estimate of drug-likeness (QED) is 0.673. The van der Waals surface area contributed by atoms with Gasteiger partial charge in [-0.15, -0.1) is 0 Å². The molecule has 7 heteroatoms. The SMILES string of the molecule is Cc1ccc(C(=O)N/N=C\c2cc3c(cc2Br)OCO3)cn1. The highest BCUT2D eigenvalue weighted by molar-refractivity contribution is 9.10. The third-order valence-corrected chi connectivity index (χ3v) is 3.72. The molecule has 1 aliphatic rings. The summed E-state index contributed by atoms with van der Waals surface area (Å²) in [5.74, 6) is 1.01. The van der Waals surface area contributed by atoms with Crippen LogP contribution in [0.5, 0.6) is 11.5 Å². The summed E-state index contributed by atoms with van der Waals surface area (Å²) in [5, 5.41) is 3.95. The van der Waals surface area contributed by atoms with Gasteiger partial charge in [-0.2, -0.15) is 5.10 Å². The Morgan fingerprint density at radius 3 is 2.86 bits per heavy atom. The molecule has 6 nitrogen and oxygen atoms in total. The number of amides is 1. The Labute approximate surface area is 135 Å². The van der Waals surface area contributed by atoms with Gasteiger partial charge in [0.15, 0.2) is 11.5 Å². The summed E-state index contributed by atoms with van der Waals surface area (Å²) < 4.78 is 11.4. The first kappa shape index (κ1) is 14.5. The van der Waals surface area contributed by atoms with E-state index in [1.807, 2.05) is 6.92 Å². The molecule has 0 radical (unpaired) electrons. The molecule has 1 amide bonds. The van der Waals surface area contributed by atoms with Crippen LogP contribution in [0.2, 0.25) is 0 Å². The Kier molecular flexibility index (Phi) is 4.06. The lowest BCUT2D eigenvalue weighted by Crippen LogP contribution is -2.17. The summed E-state index contributed by atoms with van der Waals surface area (Å²) in [6, 6.07) is 7.06. The molecule has 0 saturated carbocycles. The van der Waals surface area contributed by atoms with E-state index < -0.39 is 0 Å². The minimum Gasteiger partial charge on any atom is -0.454 e. The maximum absolute atomic E-state index is 11.9.